The van der Waals surface area contributed by atoms with Crippen molar-refractivity contribution in [1.82, 2.24) is 0 Å². The molecule has 6 heteroatoms. The van der Waals surface area contributed by atoms with Crippen LogP contribution in [0.2, 0.25) is 0 Å². The average Bonchev–Trinajstić information content (AvgIpc) is 3.07. The molecule has 0 bridgehead atoms. The van der Waals surface area contributed by atoms with Crippen LogP contribution in [-0.2, 0) is 10.9 Å². The fourth-order valence-electron chi connectivity index (χ4n) is 2.05. The number of ether oxygens (including phenoxy) is 1. The molecule has 0 atom stereocenters. The normalized spacial score (nSPS) is 15.7. The van der Waals surface area contributed by atoms with Crippen molar-refractivity contribution in [2.24, 2.45) is 0 Å². The lowest BCUT2D eigenvalue weighted by atomic mass is 10.0. The number of rotatable bonds is 2. The van der Waals surface area contributed by atoms with Gasteiger partial charge < -0.3 is 4.74 Å². The quantitative estimate of drug-likeness (QED) is 0.841. The summed E-state index contributed by atoms with van der Waals surface area (Å²) in [5.41, 5.74) is -0.718. The highest BCUT2D eigenvalue weighted by Gasteiger charge is 2.38. The number of amides is 1. The van der Waals surface area contributed by atoms with E-state index in [4.69, 9.17) is 4.74 Å². The van der Waals surface area contributed by atoms with Crippen molar-refractivity contribution in [3.63, 3.8) is 0 Å². The summed E-state index contributed by atoms with van der Waals surface area (Å²) in [5, 5.41) is 2.47. The smallest absolute Gasteiger partial charge is 0.416 e. The number of anilines is 1. The van der Waals surface area contributed by atoms with Crippen molar-refractivity contribution in [2.75, 3.05) is 5.32 Å². The Morgan fingerprint density at radius 3 is 2.33 bits per heavy atom. The van der Waals surface area contributed by atoms with Crippen LogP contribution in [0.1, 0.15) is 50.7 Å². The summed E-state index contributed by atoms with van der Waals surface area (Å²) in [6, 6.07) is 3.66. The van der Waals surface area contributed by atoms with Crippen LogP contribution in [0, 0.1) is 0 Å². The number of carbonyl (C=O) groups is 1. The van der Waals surface area contributed by atoms with Crippen molar-refractivity contribution in [3.8, 4) is 0 Å². The molecule has 1 amide bonds. The van der Waals surface area contributed by atoms with E-state index in [1.165, 1.54) is 12.1 Å². The van der Waals surface area contributed by atoms with Gasteiger partial charge in [0.1, 0.15) is 5.60 Å². The molecule has 0 saturated heterocycles. The Labute approximate surface area is 121 Å². The van der Waals surface area contributed by atoms with Crippen LogP contribution in [0.25, 0.3) is 0 Å². The Morgan fingerprint density at radius 1 is 1.24 bits per heavy atom. The standard InChI is InChI=1S/C15H18F3NO2/c1-14(2,3)21-13(20)19-10-6-7-12(15(16,17)18)11(8-10)9-4-5-9/h6-9H,4-5H2,1-3H3,(H,19,20). The molecule has 1 aliphatic carbocycles. The third-order valence-corrected chi connectivity index (χ3v) is 3.02. The molecule has 1 aromatic rings. The summed E-state index contributed by atoms with van der Waals surface area (Å²) in [5.74, 6) is -0.0676. The highest BCUT2D eigenvalue weighted by atomic mass is 19.4. The second-order valence-corrected chi connectivity index (χ2v) is 6.20. The van der Waals surface area contributed by atoms with Gasteiger partial charge in [0.15, 0.2) is 0 Å². The fraction of sp³-hybridized carbons (Fsp3) is 0.533. The highest BCUT2D eigenvalue weighted by Crippen LogP contribution is 2.46. The van der Waals surface area contributed by atoms with Crippen LogP contribution >= 0.6 is 0 Å². The molecule has 1 aliphatic rings. The van der Waals surface area contributed by atoms with Gasteiger partial charge in [0.25, 0.3) is 0 Å². The number of benzene rings is 1. The number of alkyl halides is 3. The number of halogens is 3. The van der Waals surface area contributed by atoms with E-state index in [-0.39, 0.29) is 11.5 Å². The molecule has 116 valence electrons. The summed E-state index contributed by atoms with van der Waals surface area (Å²) in [6.07, 6.45) is -3.55. The Morgan fingerprint density at radius 2 is 1.86 bits per heavy atom. The second kappa shape index (κ2) is 5.24. The molecular weight excluding hydrogens is 283 g/mol. The van der Waals surface area contributed by atoms with Crippen LogP contribution in [0.4, 0.5) is 23.7 Å². The minimum absolute atomic E-state index is 0.0676. The van der Waals surface area contributed by atoms with Gasteiger partial charge >= 0.3 is 12.3 Å². The predicted molar refractivity (Wildman–Crippen MR) is 73.3 cm³/mol. The lowest BCUT2D eigenvalue weighted by Crippen LogP contribution is -2.27. The third kappa shape index (κ3) is 4.37. The minimum atomic E-state index is -4.37. The Balaban J connectivity index is 2.19. The van der Waals surface area contributed by atoms with Gasteiger partial charge in [0.05, 0.1) is 5.56 Å². The fourth-order valence-corrected chi connectivity index (χ4v) is 2.05. The van der Waals surface area contributed by atoms with Gasteiger partial charge in [-0.2, -0.15) is 13.2 Å². The van der Waals surface area contributed by atoms with E-state index in [9.17, 15) is 18.0 Å². The summed E-state index contributed by atoms with van der Waals surface area (Å²) < 4.78 is 43.9. The van der Waals surface area contributed by atoms with E-state index in [0.29, 0.717) is 5.69 Å². The predicted octanol–water partition coefficient (Wildman–Crippen LogP) is 4.93. The molecule has 0 radical (unpaired) electrons. The largest absolute Gasteiger partial charge is 0.444 e. The zero-order chi connectivity index (χ0) is 15.8. The van der Waals surface area contributed by atoms with E-state index in [1.807, 2.05) is 0 Å². The molecule has 0 spiro atoms. The van der Waals surface area contributed by atoms with E-state index in [2.05, 4.69) is 5.32 Å². The molecule has 0 unspecified atom stereocenters. The van der Waals surface area contributed by atoms with Gasteiger partial charge in [-0.05, 0) is 63.3 Å². The third-order valence-electron chi connectivity index (χ3n) is 3.02. The van der Waals surface area contributed by atoms with Crippen molar-refractivity contribution in [3.05, 3.63) is 29.3 Å². The topological polar surface area (TPSA) is 38.3 Å². The number of nitrogens with one attached hydrogen (secondary N) is 1. The molecule has 1 fully saturated rings. The van der Waals surface area contributed by atoms with Crippen LogP contribution in [0.3, 0.4) is 0 Å². The Kier molecular flexibility index (Phi) is 3.91. The zero-order valence-corrected chi connectivity index (χ0v) is 12.2. The first kappa shape index (κ1) is 15.7. The van der Waals surface area contributed by atoms with E-state index >= 15 is 0 Å². The van der Waals surface area contributed by atoms with E-state index < -0.39 is 23.4 Å². The van der Waals surface area contributed by atoms with Gasteiger partial charge in [-0.15, -0.1) is 0 Å². The van der Waals surface area contributed by atoms with Gasteiger partial charge in [-0.3, -0.25) is 5.32 Å². The average molecular weight is 301 g/mol. The molecule has 0 heterocycles. The minimum Gasteiger partial charge on any atom is -0.444 e. The molecule has 2 rings (SSSR count). The lowest BCUT2D eigenvalue weighted by molar-refractivity contribution is -0.138. The monoisotopic (exact) mass is 301 g/mol. The van der Waals surface area contributed by atoms with E-state index in [0.717, 1.165) is 18.9 Å². The van der Waals surface area contributed by atoms with Crippen molar-refractivity contribution < 1.29 is 22.7 Å². The summed E-state index contributed by atoms with van der Waals surface area (Å²) in [4.78, 5) is 11.7. The summed E-state index contributed by atoms with van der Waals surface area (Å²) in [6.45, 7) is 5.15. The number of carbonyl (C=O) groups excluding carboxylic acids is 1. The Bertz CT molecular complexity index is 543. The molecule has 0 aliphatic heterocycles. The summed E-state index contributed by atoms with van der Waals surface area (Å²) >= 11 is 0. The molecule has 1 N–H and O–H groups in total. The van der Waals surface area contributed by atoms with Crippen LogP contribution in [0.5, 0.6) is 0 Å². The SMILES string of the molecule is CC(C)(C)OC(=O)Nc1ccc(C(F)(F)F)c(C2CC2)c1. The van der Waals surface area contributed by atoms with Gasteiger partial charge in [0, 0.05) is 5.69 Å². The lowest BCUT2D eigenvalue weighted by Gasteiger charge is -2.20. The number of hydrogen-bond donors (Lipinski definition) is 1. The van der Waals surface area contributed by atoms with E-state index in [1.54, 1.807) is 20.8 Å². The van der Waals surface area contributed by atoms with Crippen LogP contribution in [-0.4, -0.2) is 11.7 Å². The zero-order valence-electron chi connectivity index (χ0n) is 12.2. The van der Waals surface area contributed by atoms with Gasteiger partial charge in [0.2, 0.25) is 0 Å². The van der Waals surface area contributed by atoms with Crippen molar-refractivity contribution >= 4 is 11.8 Å². The molecule has 1 aromatic carbocycles. The van der Waals surface area contributed by atoms with Crippen molar-refractivity contribution in [1.29, 1.82) is 0 Å². The molecule has 1 saturated carbocycles. The first-order valence-electron chi connectivity index (χ1n) is 6.77. The van der Waals surface area contributed by atoms with Gasteiger partial charge in [-0.1, -0.05) is 0 Å². The number of hydrogen-bond acceptors (Lipinski definition) is 2. The van der Waals surface area contributed by atoms with Gasteiger partial charge in [-0.25, -0.2) is 4.79 Å². The molecular formula is C15H18F3NO2. The highest BCUT2D eigenvalue weighted by molar-refractivity contribution is 5.85. The maximum Gasteiger partial charge on any atom is 0.416 e. The van der Waals surface area contributed by atoms with Crippen LogP contribution < -0.4 is 5.32 Å². The second-order valence-electron chi connectivity index (χ2n) is 6.20. The van der Waals surface area contributed by atoms with Crippen LogP contribution in [0.15, 0.2) is 18.2 Å². The summed E-state index contributed by atoms with van der Waals surface area (Å²) in [7, 11) is 0. The maximum atomic E-state index is 12.9. The molecule has 0 aromatic heterocycles. The first-order chi connectivity index (χ1) is 9.56. The maximum absolute atomic E-state index is 12.9. The van der Waals surface area contributed by atoms with Crippen molar-refractivity contribution in [2.45, 2.75) is 51.3 Å². The first-order valence-corrected chi connectivity index (χ1v) is 6.77. The Hall–Kier alpha value is -1.72. The molecule has 21 heavy (non-hydrogen) atoms. The molecule has 3 nitrogen and oxygen atoms in total.